The predicted molar refractivity (Wildman–Crippen MR) is 78.0 cm³/mol. The SMILES string of the molecule is O=C1CC(Cc2cc(F)cc(F)c2)C(=O)N1Cc1cccnc1. The highest BCUT2D eigenvalue weighted by Crippen LogP contribution is 2.25. The summed E-state index contributed by atoms with van der Waals surface area (Å²) >= 11 is 0. The minimum atomic E-state index is -0.691. The fourth-order valence-corrected chi connectivity index (χ4v) is 2.76. The molecule has 1 saturated heterocycles. The van der Waals surface area contributed by atoms with E-state index in [4.69, 9.17) is 0 Å². The average molecular weight is 316 g/mol. The number of aromatic nitrogens is 1. The van der Waals surface area contributed by atoms with E-state index in [1.807, 2.05) is 0 Å². The lowest BCUT2D eigenvalue weighted by atomic mass is 9.98. The zero-order valence-corrected chi connectivity index (χ0v) is 12.2. The molecule has 2 amide bonds. The smallest absolute Gasteiger partial charge is 0.233 e. The maximum Gasteiger partial charge on any atom is 0.233 e. The van der Waals surface area contributed by atoms with Crippen molar-refractivity contribution < 1.29 is 18.4 Å². The molecule has 0 N–H and O–H groups in total. The summed E-state index contributed by atoms with van der Waals surface area (Å²) in [6.07, 6.45) is 3.40. The van der Waals surface area contributed by atoms with Crippen LogP contribution in [0.5, 0.6) is 0 Å². The second kappa shape index (κ2) is 6.24. The number of pyridine rings is 1. The van der Waals surface area contributed by atoms with Crippen molar-refractivity contribution in [2.24, 2.45) is 5.92 Å². The molecular formula is C17H14F2N2O2. The molecule has 6 heteroatoms. The van der Waals surface area contributed by atoms with E-state index in [1.54, 1.807) is 24.5 Å². The van der Waals surface area contributed by atoms with E-state index in [9.17, 15) is 18.4 Å². The van der Waals surface area contributed by atoms with Gasteiger partial charge in [-0.3, -0.25) is 19.5 Å². The first-order chi connectivity index (χ1) is 11.0. The number of likely N-dealkylation sites (tertiary alicyclic amines) is 1. The van der Waals surface area contributed by atoms with Crippen LogP contribution in [-0.4, -0.2) is 21.7 Å². The van der Waals surface area contributed by atoms with Crippen LogP contribution in [0.2, 0.25) is 0 Å². The van der Waals surface area contributed by atoms with E-state index in [1.165, 1.54) is 17.0 Å². The van der Waals surface area contributed by atoms with Gasteiger partial charge in [0.2, 0.25) is 11.8 Å². The van der Waals surface area contributed by atoms with Gasteiger partial charge in [0, 0.05) is 24.9 Å². The largest absolute Gasteiger partial charge is 0.278 e. The van der Waals surface area contributed by atoms with Gasteiger partial charge in [-0.2, -0.15) is 0 Å². The fraction of sp³-hybridized carbons (Fsp3) is 0.235. The van der Waals surface area contributed by atoms with Crippen LogP contribution in [0.3, 0.4) is 0 Å². The van der Waals surface area contributed by atoms with E-state index >= 15 is 0 Å². The number of nitrogens with zero attached hydrogens (tertiary/aromatic N) is 2. The number of carbonyl (C=O) groups is 2. The first-order valence-electron chi connectivity index (χ1n) is 7.21. The third-order valence-corrected chi connectivity index (χ3v) is 3.81. The Bertz CT molecular complexity index is 729. The third-order valence-electron chi connectivity index (χ3n) is 3.81. The molecule has 0 bridgehead atoms. The van der Waals surface area contributed by atoms with Gasteiger partial charge in [0.15, 0.2) is 0 Å². The van der Waals surface area contributed by atoms with Gasteiger partial charge in [-0.15, -0.1) is 0 Å². The molecule has 4 nitrogen and oxygen atoms in total. The molecule has 1 fully saturated rings. The molecule has 0 spiro atoms. The Morgan fingerprint density at radius 3 is 2.52 bits per heavy atom. The number of amides is 2. The van der Waals surface area contributed by atoms with Gasteiger partial charge in [-0.25, -0.2) is 8.78 Å². The zero-order chi connectivity index (χ0) is 16.4. The summed E-state index contributed by atoms with van der Waals surface area (Å²) in [6, 6.07) is 6.66. The molecule has 23 heavy (non-hydrogen) atoms. The molecule has 1 unspecified atom stereocenters. The Hall–Kier alpha value is -2.63. The minimum Gasteiger partial charge on any atom is -0.278 e. The van der Waals surface area contributed by atoms with Crippen LogP contribution in [0.25, 0.3) is 0 Å². The van der Waals surface area contributed by atoms with Gasteiger partial charge in [-0.05, 0) is 35.7 Å². The van der Waals surface area contributed by atoms with Crippen molar-refractivity contribution in [1.29, 1.82) is 0 Å². The first kappa shape index (κ1) is 15.3. The van der Waals surface area contributed by atoms with E-state index < -0.39 is 17.6 Å². The van der Waals surface area contributed by atoms with Crippen LogP contribution in [0.4, 0.5) is 8.78 Å². The second-order valence-electron chi connectivity index (χ2n) is 5.56. The Labute approximate surface area is 131 Å². The standard InChI is InChI=1S/C17H14F2N2O2/c18-14-5-12(6-15(19)8-14)4-13-7-16(22)21(17(13)23)10-11-2-1-3-20-9-11/h1-3,5-6,8-9,13H,4,7,10H2. The number of imide groups is 1. The molecular weight excluding hydrogens is 302 g/mol. The number of rotatable bonds is 4. The first-order valence-corrected chi connectivity index (χ1v) is 7.21. The van der Waals surface area contributed by atoms with E-state index in [2.05, 4.69) is 4.98 Å². The highest BCUT2D eigenvalue weighted by molar-refractivity contribution is 6.03. The quantitative estimate of drug-likeness (QED) is 0.814. The Balaban J connectivity index is 1.73. The van der Waals surface area contributed by atoms with Gasteiger partial charge in [0.25, 0.3) is 0 Å². The van der Waals surface area contributed by atoms with Crippen molar-refractivity contribution in [2.45, 2.75) is 19.4 Å². The number of halogens is 2. The lowest BCUT2D eigenvalue weighted by Crippen LogP contribution is -2.30. The van der Waals surface area contributed by atoms with Crippen LogP contribution < -0.4 is 0 Å². The molecule has 3 rings (SSSR count). The van der Waals surface area contributed by atoms with Crippen molar-refractivity contribution >= 4 is 11.8 Å². The second-order valence-corrected chi connectivity index (χ2v) is 5.56. The molecule has 1 aromatic heterocycles. The predicted octanol–water partition coefficient (Wildman–Crippen LogP) is 2.48. The number of hydrogen-bond acceptors (Lipinski definition) is 3. The van der Waals surface area contributed by atoms with Crippen molar-refractivity contribution in [3.8, 4) is 0 Å². The van der Waals surface area contributed by atoms with Crippen LogP contribution >= 0.6 is 0 Å². The summed E-state index contributed by atoms with van der Waals surface area (Å²) in [6.45, 7) is 0.166. The summed E-state index contributed by atoms with van der Waals surface area (Å²) < 4.78 is 26.5. The molecule has 0 radical (unpaired) electrons. The molecule has 1 aliphatic rings. The number of hydrogen-bond donors (Lipinski definition) is 0. The van der Waals surface area contributed by atoms with Gasteiger partial charge in [-0.1, -0.05) is 6.07 Å². The van der Waals surface area contributed by atoms with E-state index in [0.717, 1.165) is 11.6 Å². The maximum absolute atomic E-state index is 13.2. The molecule has 1 aromatic carbocycles. The molecule has 1 atom stereocenters. The Kier molecular flexibility index (Phi) is 4.14. The van der Waals surface area contributed by atoms with Gasteiger partial charge in [0.05, 0.1) is 12.5 Å². The number of benzene rings is 1. The summed E-state index contributed by atoms with van der Waals surface area (Å²) in [7, 11) is 0. The highest BCUT2D eigenvalue weighted by atomic mass is 19.1. The van der Waals surface area contributed by atoms with Crippen molar-refractivity contribution in [3.63, 3.8) is 0 Å². The van der Waals surface area contributed by atoms with Gasteiger partial charge < -0.3 is 0 Å². The summed E-state index contributed by atoms with van der Waals surface area (Å²) in [5, 5.41) is 0. The van der Waals surface area contributed by atoms with Crippen LogP contribution in [-0.2, 0) is 22.6 Å². The van der Waals surface area contributed by atoms with Gasteiger partial charge >= 0.3 is 0 Å². The molecule has 0 saturated carbocycles. The van der Waals surface area contributed by atoms with Gasteiger partial charge in [0.1, 0.15) is 11.6 Å². The molecule has 2 heterocycles. The lowest BCUT2D eigenvalue weighted by molar-refractivity contribution is -0.140. The molecule has 118 valence electrons. The third kappa shape index (κ3) is 3.41. The van der Waals surface area contributed by atoms with Crippen molar-refractivity contribution in [3.05, 3.63) is 65.5 Å². The normalized spacial score (nSPS) is 17.8. The monoisotopic (exact) mass is 316 g/mol. The summed E-state index contributed by atoms with van der Waals surface area (Å²) in [5.41, 5.74) is 1.13. The zero-order valence-electron chi connectivity index (χ0n) is 12.2. The fourth-order valence-electron chi connectivity index (χ4n) is 2.76. The van der Waals surface area contributed by atoms with Crippen LogP contribution in [0.15, 0.2) is 42.7 Å². The van der Waals surface area contributed by atoms with Crippen LogP contribution in [0.1, 0.15) is 17.5 Å². The Morgan fingerprint density at radius 2 is 1.87 bits per heavy atom. The van der Waals surface area contributed by atoms with Crippen molar-refractivity contribution in [2.75, 3.05) is 0 Å². The summed E-state index contributed by atoms with van der Waals surface area (Å²) in [5.74, 6) is -2.56. The molecule has 2 aromatic rings. The Morgan fingerprint density at radius 1 is 1.13 bits per heavy atom. The van der Waals surface area contributed by atoms with Crippen molar-refractivity contribution in [1.82, 2.24) is 9.88 Å². The number of carbonyl (C=O) groups excluding carboxylic acids is 2. The summed E-state index contributed by atoms with van der Waals surface area (Å²) in [4.78, 5) is 29.6. The van der Waals surface area contributed by atoms with Crippen LogP contribution in [0, 0.1) is 17.6 Å². The lowest BCUT2D eigenvalue weighted by Gasteiger charge is -2.15. The minimum absolute atomic E-state index is 0.0528. The topological polar surface area (TPSA) is 50.3 Å². The maximum atomic E-state index is 13.2. The van der Waals surface area contributed by atoms with E-state index in [-0.39, 0.29) is 31.2 Å². The van der Waals surface area contributed by atoms with E-state index in [0.29, 0.717) is 5.56 Å². The molecule has 0 aliphatic carbocycles. The molecule has 1 aliphatic heterocycles. The average Bonchev–Trinajstić information content (AvgIpc) is 2.75. The highest BCUT2D eigenvalue weighted by Gasteiger charge is 2.38.